The van der Waals surface area contributed by atoms with Gasteiger partial charge in [0.15, 0.2) is 5.82 Å². The van der Waals surface area contributed by atoms with Crippen molar-refractivity contribution in [3.63, 3.8) is 0 Å². The van der Waals surface area contributed by atoms with E-state index in [0.29, 0.717) is 41.9 Å². The predicted octanol–water partition coefficient (Wildman–Crippen LogP) is 3.87. The molecule has 3 aromatic heterocycles. The number of urea groups is 1. The van der Waals surface area contributed by atoms with E-state index in [1.54, 1.807) is 58.5 Å². The number of benzene rings is 1. The molecule has 1 unspecified atom stereocenters. The zero-order valence-electron chi connectivity index (χ0n) is 17.1. The molecule has 32 heavy (non-hydrogen) atoms. The number of carbonyl (C=O) groups excluding carboxylic acids is 1. The Hall–Kier alpha value is -4.08. The number of halogens is 1. The van der Waals surface area contributed by atoms with Gasteiger partial charge in [0.05, 0.1) is 11.6 Å². The molecule has 1 fully saturated rings. The number of anilines is 1. The maximum absolute atomic E-state index is 13.5. The zero-order valence-corrected chi connectivity index (χ0v) is 17.1. The van der Waals surface area contributed by atoms with Crippen molar-refractivity contribution in [3.8, 4) is 17.2 Å². The molecule has 1 aliphatic heterocycles. The molecular formula is C22H20FN7O2. The van der Waals surface area contributed by atoms with Crippen LogP contribution in [0.25, 0.3) is 17.2 Å². The summed E-state index contributed by atoms with van der Waals surface area (Å²) in [4.78, 5) is 23.5. The summed E-state index contributed by atoms with van der Waals surface area (Å²) in [7, 11) is 0. The molecule has 5 rings (SSSR count). The van der Waals surface area contributed by atoms with Crippen molar-refractivity contribution >= 4 is 11.7 Å². The van der Waals surface area contributed by atoms with E-state index < -0.39 is 0 Å². The Kier molecular flexibility index (Phi) is 5.32. The molecule has 1 atom stereocenters. The standard InChI is InChI=1S/C22H20FN7O2/c23-17-7-1-5-15(13-17)19-27-21(32-28-19)16-6-3-11-29(14-16)22(31)26-18-8-2-9-24-20(18)30-12-4-10-25-30/h1-2,4-5,7-10,12-13,16H,3,6,11,14H2,(H,26,31). The van der Waals surface area contributed by atoms with Crippen LogP contribution in [0.2, 0.25) is 0 Å². The maximum atomic E-state index is 13.5. The number of aromatic nitrogens is 5. The quantitative estimate of drug-likeness (QED) is 0.524. The number of amides is 2. The fourth-order valence-corrected chi connectivity index (χ4v) is 3.77. The highest BCUT2D eigenvalue weighted by atomic mass is 19.1. The highest BCUT2D eigenvalue weighted by Gasteiger charge is 2.29. The number of likely N-dealkylation sites (tertiary alicyclic amines) is 1. The summed E-state index contributed by atoms with van der Waals surface area (Å²) < 4.78 is 20.6. The van der Waals surface area contributed by atoms with Crippen molar-refractivity contribution in [1.82, 2.24) is 29.8 Å². The highest BCUT2D eigenvalue weighted by Crippen LogP contribution is 2.28. The molecule has 4 heterocycles. The Morgan fingerprint density at radius 3 is 2.97 bits per heavy atom. The van der Waals surface area contributed by atoms with Crippen molar-refractivity contribution in [2.24, 2.45) is 0 Å². The smallest absolute Gasteiger partial charge is 0.321 e. The van der Waals surface area contributed by atoms with E-state index in [9.17, 15) is 9.18 Å². The lowest BCUT2D eigenvalue weighted by atomic mass is 9.98. The van der Waals surface area contributed by atoms with Crippen LogP contribution in [-0.2, 0) is 0 Å². The van der Waals surface area contributed by atoms with Gasteiger partial charge in [0.2, 0.25) is 11.7 Å². The molecule has 1 aliphatic rings. The Bertz CT molecular complexity index is 1220. The van der Waals surface area contributed by atoms with Gasteiger partial charge < -0.3 is 14.7 Å². The summed E-state index contributed by atoms with van der Waals surface area (Å²) in [6.07, 6.45) is 6.68. The van der Waals surface area contributed by atoms with Crippen LogP contribution >= 0.6 is 0 Å². The second kappa shape index (κ2) is 8.58. The van der Waals surface area contributed by atoms with Crippen LogP contribution in [-0.4, -0.2) is 48.9 Å². The summed E-state index contributed by atoms with van der Waals surface area (Å²) in [6.45, 7) is 1.05. The monoisotopic (exact) mass is 433 g/mol. The van der Waals surface area contributed by atoms with E-state index >= 15 is 0 Å². The number of hydrogen-bond donors (Lipinski definition) is 1. The van der Waals surface area contributed by atoms with Crippen LogP contribution < -0.4 is 5.32 Å². The van der Waals surface area contributed by atoms with Crippen LogP contribution in [0.15, 0.2) is 65.6 Å². The Labute approximate surface area is 182 Å². The minimum atomic E-state index is -0.362. The molecule has 1 N–H and O–H groups in total. The maximum Gasteiger partial charge on any atom is 0.321 e. The minimum absolute atomic E-state index is 0.0937. The van der Waals surface area contributed by atoms with Gasteiger partial charge in [-0.25, -0.2) is 18.9 Å². The lowest BCUT2D eigenvalue weighted by molar-refractivity contribution is 0.184. The van der Waals surface area contributed by atoms with E-state index in [1.165, 1.54) is 12.1 Å². The number of nitrogens with zero attached hydrogens (tertiary/aromatic N) is 6. The number of piperidine rings is 1. The number of nitrogens with one attached hydrogen (secondary N) is 1. The molecular weight excluding hydrogens is 413 g/mol. The molecule has 0 saturated carbocycles. The molecule has 1 aromatic carbocycles. The Balaban J connectivity index is 1.29. The fraction of sp³-hybridized carbons (Fsp3) is 0.227. The molecule has 0 radical (unpaired) electrons. The van der Waals surface area contributed by atoms with E-state index in [2.05, 4.69) is 25.5 Å². The van der Waals surface area contributed by atoms with Crippen molar-refractivity contribution in [2.75, 3.05) is 18.4 Å². The molecule has 2 amide bonds. The van der Waals surface area contributed by atoms with Crippen LogP contribution in [0.4, 0.5) is 14.9 Å². The van der Waals surface area contributed by atoms with Crippen molar-refractivity contribution in [2.45, 2.75) is 18.8 Å². The normalized spacial score (nSPS) is 16.2. The second-order valence-electron chi connectivity index (χ2n) is 7.51. The molecule has 0 aliphatic carbocycles. The predicted molar refractivity (Wildman–Crippen MR) is 114 cm³/mol. The van der Waals surface area contributed by atoms with Crippen molar-refractivity contribution < 1.29 is 13.7 Å². The summed E-state index contributed by atoms with van der Waals surface area (Å²) in [5.74, 6) is 0.861. The molecule has 0 spiro atoms. The summed E-state index contributed by atoms with van der Waals surface area (Å²) in [5.41, 5.74) is 1.11. The van der Waals surface area contributed by atoms with Gasteiger partial charge in [0, 0.05) is 37.2 Å². The summed E-state index contributed by atoms with van der Waals surface area (Å²) in [6, 6.07) is 11.1. The zero-order chi connectivity index (χ0) is 21.9. The number of carbonyl (C=O) groups is 1. The van der Waals surface area contributed by atoms with Gasteiger partial charge in [0.1, 0.15) is 5.82 Å². The SMILES string of the molecule is O=C(Nc1cccnc1-n1cccn1)N1CCCC(c2nc(-c3cccc(F)c3)no2)C1. The number of rotatable bonds is 4. The third-order valence-electron chi connectivity index (χ3n) is 5.33. The summed E-state index contributed by atoms with van der Waals surface area (Å²) in [5, 5.41) is 11.1. The first-order chi connectivity index (χ1) is 15.7. The Morgan fingerprint density at radius 1 is 1.19 bits per heavy atom. The topological polar surface area (TPSA) is 102 Å². The van der Waals surface area contributed by atoms with Crippen LogP contribution in [0.1, 0.15) is 24.7 Å². The van der Waals surface area contributed by atoms with E-state index in [0.717, 1.165) is 12.8 Å². The molecule has 162 valence electrons. The highest BCUT2D eigenvalue weighted by molar-refractivity contribution is 5.91. The summed E-state index contributed by atoms with van der Waals surface area (Å²) >= 11 is 0. The van der Waals surface area contributed by atoms with Gasteiger partial charge >= 0.3 is 6.03 Å². The minimum Gasteiger partial charge on any atom is -0.339 e. The third-order valence-corrected chi connectivity index (χ3v) is 5.33. The fourth-order valence-electron chi connectivity index (χ4n) is 3.77. The average Bonchev–Trinajstić information content (AvgIpc) is 3.52. The molecule has 4 aromatic rings. The van der Waals surface area contributed by atoms with Gasteiger partial charge in [-0.1, -0.05) is 17.3 Å². The van der Waals surface area contributed by atoms with Gasteiger partial charge in [0.25, 0.3) is 0 Å². The lowest BCUT2D eigenvalue weighted by Gasteiger charge is -2.31. The lowest BCUT2D eigenvalue weighted by Crippen LogP contribution is -2.41. The molecule has 9 nitrogen and oxygen atoms in total. The first kappa shape index (κ1) is 19.9. The van der Waals surface area contributed by atoms with E-state index in [-0.39, 0.29) is 17.8 Å². The number of hydrogen-bond acceptors (Lipinski definition) is 6. The van der Waals surface area contributed by atoms with E-state index in [1.807, 2.05) is 0 Å². The van der Waals surface area contributed by atoms with Crippen molar-refractivity contribution in [3.05, 3.63) is 72.8 Å². The van der Waals surface area contributed by atoms with Gasteiger partial charge in [-0.15, -0.1) is 0 Å². The first-order valence-electron chi connectivity index (χ1n) is 10.3. The van der Waals surface area contributed by atoms with Crippen LogP contribution in [0, 0.1) is 5.82 Å². The molecule has 10 heteroatoms. The van der Waals surface area contributed by atoms with E-state index in [4.69, 9.17) is 4.52 Å². The Morgan fingerprint density at radius 2 is 2.12 bits per heavy atom. The third kappa shape index (κ3) is 4.07. The second-order valence-corrected chi connectivity index (χ2v) is 7.51. The van der Waals surface area contributed by atoms with Gasteiger partial charge in [-0.3, -0.25) is 0 Å². The molecule has 0 bridgehead atoms. The van der Waals surface area contributed by atoms with Crippen molar-refractivity contribution in [1.29, 1.82) is 0 Å². The van der Waals surface area contributed by atoms with Gasteiger partial charge in [-0.05, 0) is 43.2 Å². The number of pyridine rings is 1. The van der Waals surface area contributed by atoms with Crippen LogP contribution in [0.5, 0.6) is 0 Å². The first-order valence-corrected chi connectivity index (χ1v) is 10.3. The molecule has 1 saturated heterocycles. The average molecular weight is 433 g/mol. The largest absolute Gasteiger partial charge is 0.339 e. The van der Waals surface area contributed by atoms with Gasteiger partial charge in [-0.2, -0.15) is 10.1 Å². The van der Waals surface area contributed by atoms with Crippen LogP contribution in [0.3, 0.4) is 0 Å².